The zero-order valence-corrected chi connectivity index (χ0v) is 12.2. The van der Waals surface area contributed by atoms with E-state index in [9.17, 15) is 0 Å². The maximum atomic E-state index is 6.07. The Balaban J connectivity index is 2.38. The van der Waals surface area contributed by atoms with Crippen LogP contribution >= 0.6 is 35.4 Å². The van der Waals surface area contributed by atoms with E-state index in [1.165, 1.54) is 0 Å². The van der Waals surface area contributed by atoms with E-state index in [-0.39, 0.29) is 0 Å². The van der Waals surface area contributed by atoms with Crippen LogP contribution in [0.5, 0.6) is 0 Å². The van der Waals surface area contributed by atoms with Crippen molar-refractivity contribution in [3.05, 3.63) is 33.8 Å². The minimum absolute atomic E-state index is 0.342. The van der Waals surface area contributed by atoms with Crippen molar-refractivity contribution >= 4 is 40.5 Å². The van der Waals surface area contributed by atoms with Crippen LogP contribution < -0.4 is 10.6 Å². The van der Waals surface area contributed by atoms with Gasteiger partial charge in [0.25, 0.3) is 0 Å². The highest BCUT2D eigenvalue weighted by Crippen LogP contribution is 2.20. The van der Waals surface area contributed by atoms with Gasteiger partial charge in [-0.15, -0.1) is 0 Å². The molecule has 0 amide bonds. The molecule has 17 heavy (non-hydrogen) atoms. The van der Waals surface area contributed by atoms with E-state index in [0.717, 1.165) is 18.5 Å². The third-order valence-corrected chi connectivity index (χ3v) is 2.96. The van der Waals surface area contributed by atoms with Gasteiger partial charge in [0.05, 0.1) is 0 Å². The number of rotatable bonds is 4. The number of halogens is 2. The Hall–Kier alpha value is -0.510. The summed E-state index contributed by atoms with van der Waals surface area (Å²) in [6, 6.07) is 5.87. The fourth-order valence-electron chi connectivity index (χ4n) is 1.35. The van der Waals surface area contributed by atoms with Gasteiger partial charge in [0.15, 0.2) is 5.11 Å². The van der Waals surface area contributed by atoms with E-state index in [2.05, 4.69) is 10.6 Å². The molecule has 1 rings (SSSR count). The molecule has 0 aliphatic rings. The lowest BCUT2D eigenvalue weighted by atomic mass is 10.1. The highest BCUT2D eigenvalue weighted by molar-refractivity contribution is 7.80. The number of thiocarbonyl (C=S) groups is 1. The molecule has 0 saturated carbocycles. The molecule has 0 radical (unpaired) electrons. The Labute approximate surface area is 118 Å². The normalized spacial score (nSPS) is 10.4. The Morgan fingerprint density at radius 2 is 2.06 bits per heavy atom. The molecule has 0 bridgehead atoms. The van der Waals surface area contributed by atoms with Gasteiger partial charge < -0.3 is 10.6 Å². The summed E-state index contributed by atoms with van der Waals surface area (Å²) in [5, 5.41) is 8.28. The van der Waals surface area contributed by atoms with Crippen LogP contribution in [0.25, 0.3) is 0 Å². The zero-order chi connectivity index (χ0) is 12.8. The van der Waals surface area contributed by atoms with Crippen molar-refractivity contribution in [3.8, 4) is 0 Å². The first-order valence-corrected chi connectivity index (χ1v) is 6.63. The third-order valence-electron chi connectivity index (χ3n) is 2.11. The van der Waals surface area contributed by atoms with Crippen LogP contribution in [0.4, 0.5) is 0 Å². The van der Waals surface area contributed by atoms with Crippen LogP contribution in [0.1, 0.15) is 19.4 Å². The van der Waals surface area contributed by atoms with Crippen LogP contribution in [0.15, 0.2) is 18.2 Å². The summed E-state index contributed by atoms with van der Waals surface area (Å²) in [6.45, 7) is 4.84. The van der Waals surface area contributed by atoms with Crippen molar-refractivity contribution in [3.63, 3.8) is 0 Å². The van der Waals surface area contributed by atoms with Crippen molar-refractivity contribution in [1.82, 2.24) is 10.6 Å². The first-order chi connectivity index (χ1) is 7.99. The summed E-state index contributed by atoms with van der Waals surface area (Å²) in [7, 11) is 0. The van der Waals surface area contributed by atoms with Gasteiger partial charge in [-0.2, -0.15) is 0 Å². The number of hydrogen-bond donors (Lipinski definition) is 2. The molecule has 0 heterocycles. The second-order valence-corrected chi connectivity index (χ2v) is 5.29. The molecule has 0 spiro atoms. The summed E-state index contributed by atoms with van der Waals surface area (Å²) < 4.78 is 0. The SMILES string of the molecule is CC(C)NC(=S)NCCc1ccc(Cl)cc1Cl. The molecule has 1 aromatic carbocycles. The smallest absolute Gasteiger partial charge is 0.166 e. The first kappa shape index (κ1) is 14.6. The van der Waals surface area contributed by atoms with E-state index in [4.69, 9.17) is 35.4 Å². The molecule has 0 atom stereocenters. The molecule has 1 aromatic rings. The van der Waals surface area contributed by atoms with Crippen LogP contribution in [-0.4, -0.2) is 17.7 Å². The molecular formula is C12H16Cl2N2S. The Morgan fingerprint density at radius 1 is 1.35 bits per heavy atom. The summed E-state index contributed by atoms with van der Waals surface area (Å²) in [4.78, 5) is 0. The van der Waals surface area contributed by atoms with Crippen LogP contribution in [0.3, 0.4) is 0 Å². The fourth-order valence-corrected chi connectivity index (χ4v) is 2.19. The highest BCUT2D eigenvalue weighted by atomic mass is 35.5. The molecule has 2 nitrogen and oxygen atoms in total. The van der Waals surface area contributed by atoms with Crippen molar-refractivity contribution < 1.29 is 0 Å². The lowest BCUT2D eigenvalue weighted by Crippen LogP contribution is -2.40. The van der Waals surface area contributed by atoms with E-state index >= 15 is 0 Å². The van der Waals surface area contributed by atoms with Gasteiger partial charge in [-0.25, -0.2) is 0 Å². The quantitative estimate of drug-likeness (QED) is 0.831. The third kappa shape index (κ3) is 5.57. The topological polar surface area (TPSA) is 24.1 Å². The van der Waals surface area contributed by atoms with E-state index < -0.39 is 0 Å². The first-order valence-electron chi connectivity index (χ1n) is 5.47. The van der Waals surface area contributed by atoms with Gasteiger partial charge in [-0.1, -0.05) is 29.3 Å². The van der Waals surface area contributed by atoms with E-state index in [0.29, 0.717) is 21.2 Å². The van der Waals surface area contributed by atoms with Gasteiger partial charge in [0.2, 0.25) is 0 Å². The number of hydrogen-bond acceptors (Lipinski definition) is 1. The molecule has 5 heteroatoms. The largest absolute Gasteiger partial charge is 0.362 e. The van der Waals surface area contributed by atoms with E-state index in [1.54, 1.807) is 6.07 Å². The summed E-state index contributed by atoms with van der Waals surface area (Å²) >= 11 is 17.0. The van der Waals surface area contributed by atoms with E-state index in [1.807, 2.05) is 26.0 Å². The fraction of sp³-hybridized carbons (Fsp3) is 0.417. The molecule has 2 N–H and O–H groups in total. The molecule has 0 aliphatic heterocycles. The molecule has 0 aliphatic carbocycles. The summed E-state index contributed by atoms with van der Waals surface area (Å²) in [5.41, 5.74) is 1.07. The molecule has 0 fully saturated rings. The van der Waals surface area contributed by atoms with Gasteiger partial charge in [0, 0.05) is 22.6 Å². The van der Waals surface area contributed by atoms with Gasteiger partial charge in [0.1, 0.15) is 0 Å². The van der Waals surface area contributed by atoms with Gasteiger partial charge >= 0.3 is 0 Å². The minimum Gasteiger partial charge on any atom is -0.362 e. The average molecular weight is 291 g/mol. The lowest BCUT2D eigenvalue weighted by Gasteiger charge is -2.13. The Morgan fingerprint density at radius 3 is 2.65 bits per heavy atom. The molecular weight excluding hydrogens is 275 g/mol. The van der Waals surface area contributed by atoms with Gasteiger partial charge in [-0.3, -0.25) is 0 Å². The molecule has 94 valence electrons. The predicted octanol–water partition coefficient (Wildman–Crippen LogP) is 3.41. The van der Waals surface area contributed by atoms with Gasteiger partial charge in [-0.05, 0) is 50.2 Å². The second kappa shape index (κ2) is 7.04. The maximum absolute atomic E-state index is 6.07. The molecule has 0 unspecified atom stereocenters. The molecule has 0 aromatic heterocycles. The van der Waals surface area contributed by atoms with Crippen molar-refractivity contribution in [1.29, 1.82) is 0 Å². The minimum atomic E-state index is 0.342. The Kier molecular flexibility index (Phi) is 6.03. The number of benzene rings is 1. The Bertz CT molecular complexity index is 394. The summed E-state index contributed by atoms with van der Waals surface area (Å²) in [6.07, 6.45) is 0.815. The second-order valence-electron chi connectivity index (χ2n) is 4.04. The lowest BCUT2D eigenvalue weighted by molar-refractivity contribution is 0.711. The van der Waals surface area contributed by atoms with Crippen LogP contribution in [-0.2, 0) is 6.42 Å². The van der Waals surface area contributed by atoms with Crippen molar-refractivity contribution in [2.45, 2.75) is 26.3 Å². The number of nitrogens with one attached hydrogen (secondary N) is 2. The monoisotopic (exact) mass is 290 g/mol. The molecule has 0 saturated heterocycles. The van der Waals surface area contributed by atoms with Crippen LogP contribution in [0.2, 0.25) is 10.0 Å². The van der Waals surface area contributed by atoms with Crippen LogP contribution in [0, 0.1) is 0 Å². The maximum Gasteiger partial charge on any atom is 0.166 e. The highest BCUT2D eigenvalue weighted by Gasteiger charge is 2.02. The zero-order valence-electron chi connectivity index (χ0n) is 9.89. The average Bonchev–Trinajstić information content (AvgIpc) is 2.20. The van der Waals surface area contributed by atoms with Crippen molar-refractivity contribution in [2.75, 3.05) is 6.54 Å². The van der Waals surface area contributed by atoms with Crippen molar-refractivity contribution in [2.24, 2.45) is 0 Å². The predicted molar refractivity (Wildman–Crippen MR) is 79.0 cm³/mol. The standard InChI is InChI=1S/C12H16Cl2N2S/c1-8(2)16-12(17)15-6-5-9-3-4-10(13)7-11(9)14/h3-4,7-8H,5-6H2,1-2H3,(H2,15,16,17). The summed E-state index contributed by atoms with van der Waals surface area (Å²) in [5.74, 6) is 0.